The first-order valence-corrected chi connectivity index (χ1v) is 9.54. The van der Waals surface area contributed by atoms with Gasteiger partial charge in [-0.2, -0.15) is 0 Å². The van der Waals surface area contributed by atoms with Crippen LogP contribution in [0.2, 0.25) is 5.02 Å². The van der Waals surface area contributed by atoms with Crippen LogP contribution in [0.25, 0.3) is 0 Å². The zero-order valence-electron chi connectivity index (χ0n) is 15.9. The van der Waals surface area contributed by atoms with E-state index >= 15 is 0 Å². The van der Waals surface area contributed by atoms with E-state index in [2.05, 4.69) is 10.6 Å². The number of carbonyl (C=O) groups is 2. The van der Waals surface area contributed by atoms with E-state index in [1.54, 1.807) is 48.5 Å². The quantitative estimate of drug-likeness (QED) is 0.587. The number of rotatable bonds is 7. The highest BCUT2D eigenvalue weighted by Crippen LogP contribution is 2.23. The molecule has 3 rings (SSSR count). The monoisotopic (exact) mass is 408 g/mol. The number of halogens is 1. The van der Waals surface area contributed by atoms with Crippen LogP contribution >= 0.6 is 11.6 Å². The number of para-hydroxylation sites is 1. The fourth-order valence-electron chi connectivity index (χ4n) is 2.71. The van der Waals surface area contributed by atoms with Crippen molar-refractivity contribution in [3.8, 4) is 5.75 Å². The lowest BCUT2D eigenvalue weighted by atomic mass is 10.1. The molecule has 0 aliphatic carbocycles. The summed E-state index contributed by atoms with van der Waals surface area (Å²) in [6.45, 7) is 1.77. The lowest BCUT2D eigenvalue weighted by Crippen LogP contribution is -2.26. The maximum Gasteiger partial charge on any atom is 0.262 e. The molecule has 2 amide bonds. The Bertz CT molecular complexity index is 975. The van der Waals surface area contributed by atoms with Gasteiger partial charge in [-0.1, -0.05) is 54.1 Å². The SMILES string of the molecule is CC(NC(=O)c1ccc(NC(=O)COc2ccccc2Cl)cc1)c1ccccc1. The van der Waals surface area contributed by atoms with Crippen molar-refractivity contribution in [1.29, 1.82) is 0 Å². The van der Waals surface area contributed by atoms with Crippen molar-refractivity contribution in [2.24, 2.45) is 0 Å². The average Bonchev–Trinajstić information content (AvgIpc) is 2.74. The van der Waals surface area contributed by atoms with Crippen LogP contribution in [0.15, 0.2) is 78.9 Å². The molecule has 0 aliphatic heterocycles. The molecule has 148 valence electrons. The molecule has 2 N–H and O–H groups in total. The molecule has 6 heteroatoms. The van der Waals surface area contributed by atoms with E-state index in [9.17, 15) is 9.59 Å². The Morgan fingerprint density at radius 3 is 2.28 bits per heavy atom. The van der Waals surface area contributed by atoms with Crippen LogP contribution in [0.4, 0.5) is 5.69 Å². The number of amides is 2. The normalized spacial score (nSPS) is 11.4. The van der Waals surface area contributed by atoms with Gasteiger partial charge >= 0.3 is 0 Å². The first-order valence-electron chi connectivity index (χ1n) is 9.16. The molecule has 1 unspecified atom stereocenters. The molecule has 3 aromatic carbocycles. The highest BCUT2D eigenvalue weighted by molar-refractivity contribution is 6.32. The van der Waals surface area contributed by atoms with E-state index in [-0.39, 0.29) is 24.5 Å². The molecule has 0 spiro atoms. The minimum atomic E-state index is -0.320. The van der Waals surface area contributed by atoms with Gasteiger partial charge in [0.15, 0.2) is 6.61 Å². The Kier molecular flexibility index (Phi) is 6.87. The molecule has 29 heavy (non-hydrogen) atoms. The molecule has 0 saturated heterocycles. The summed E-state index contributed by atoms with van der Waals surface area (Å²) in [6, 6.07) is 23.3. The summed E-state index contributed by atoms with van der Waals surface area (Å²) < 4.78 is 5.41. The van der Waals surface area contributed by atoms with Crippen LogP contribution in [0.3, 0.4) is 0 Å². The lowest BCUT2D eigenvalue weighted by Gasteiger charge is -2.14. The Hall–Kier alpha value is -3.31. The Balaban J connectivity index is 1.52. The van der Waals surface area contributed by atoms with Gasteiger partial charge in [0.25, 0.3) is 11.8 Å². The summed E-state index contributed by atoms with van der Waals surface area (Å²) in [6.07, 6.45) is 0. The zero-order chi connectivity index (χ0) is 20.6. The summed E-state index contributed by atoms with van der Waals surface area (Å²) in [4.78, 5) is 24.5. The predicted molar refractivity (Wildman–Crippen MR) is 114 cm³/mol. The van der Waals surface area contributed by atoms with E-state index in [1.807, 2.05) is 37.3 Å². The van der Waals surface area contributed by atoms with Crippen molar-refractivity contribution >= 4 is 29.1 Å². The molecule has 0 aromatic heterocycles. The summed E-state index contributed by atoms with van der Waals surface area (Å²) in [5.41, 5.74) is 2.12. The second-order valence-corrected chi connectivity index (χ2v) is 6.86. The van der Waals surface area contributed by atoms with Crippen molar-refractivity contribution < 1.29 is 14.3 Å². The number of benzene rings is 3. The summed E-state index contributed by atoms with van der Waals surface area (Å²) in [5, 5.41) is 6.13. The third-order valence-electron chi connectivity index (χ3n) is 4.27. The largest absolute Gasteiger partial charge is 0.482 e. The molecular weight excluding hydrogens is 388 g/mol. The van der Waals surface area contributed by atoms with Crippen LogP contribution in [-0.2, 0) is 4.79 Å². The van der Waals surface area contributed by atoms with Gasteiger partial charge in [0, 0.05) is 11.3 Å². The van der Waals surface area contributed by atoms with Crippen LogP contribution in [0.1, 0.15) is 28.9 Å². The molecule has 5 nitrogen and oxygen atoms in total. The molecule has 3 aromatic rings. The topological polar surface area (TPSA) is 67.4 Å². The third-order valence-corrected chi connectivity index (χ3v) is 4.59. The van der Waals surface area contributed by atoms with Crippen molar-refractivity contribution in [2.75, 3.05) is 11.9 Å². The van der Waals surface area contributed by atoms with E-state index < -0.39 is 0 Å². The van der Waals surface area contributed by atoms with Gasteiger partial charge in [-0.3, -0.25) is 9.59 Å². The lowest BCUT2D eigenvalue weighted by molar-refractivity contribution is -0.118. The maximum absolute atomic E-state index is 12.4. The minimum Gasteiger partial charge on any atom is -0.482 e. The van der Waals surface area contributed by atoms with Crippen molar-refractivity contribution in [1.82, 2.24) is 5.32 Å². The van der Waals surface area contributed by atoms with Crippen molar-refractivity contribution in [3.63, 3.8) is 0 Å². The molecule has 0 heterocycles. The first-order chi connectivity index (χ1) is 14.0. The van der Waals surface area contributed by atoms with E-state index in [0.29, 0.717) is 22.0 Å². The molecule has 0 bridgehead atoms. The van der Waals surface area contributed by atoms with Gasteiger partial charge < -0.3 is 15.4 Å². The van der Waals surface area contributed by atoms with E-state index in [1.165, 1.54) is 0 Å². The minimum absolute atomic E-state index is 0.106. The van der Waals surface area contributed by atoms with E-state index in [4.69, 9.17) is 16.3 Å². The first kappa shape index (κ1) is 20.4. The standard InChI is InChI=1S/C23H21ClN2O3/c1-16(17-7-3-2-4-8-17)25-23(28)18-11-13-19(14-12-18)26-22(27)15-29-21-10-6-5-9-20(21)24/h2-14,16H,15H2,1H3,(H,25,28)(H,26,27). The number of hydrogen-bond donors (Lipinski definition) is 2. The average molecular weight is 409 g/mol. The molecule has 0 fully saturated rings. The highest BCUT2D eigenvalue weighted by Gasteiger charge is 2.12. The van der Waals surface area contributed by atoms with Gasteiger partial charge in [-0.15, -0.1) is 0 Å². The summed E-state index contributed by atoms with van der Waals surface area (Å²) >= 11 is 6.00. The van der Waals surface area contributed by atoms with Crippen LogP contribution in [0.5, 0.6) is 5.75 Å². The van der Waals surface area contributed by atoms with Gasteiger partial charge in [-0.25, -0.2) is 0 Å². The number of hydrogen-bond acceptors (Lipinski definition) is 3. The zero-order valence-corrected chi connectivity index (χ0v) is 16.6. The highest BCUT2D eigenvalue weighted by atomic mass is 35.5. The second kappa shape index (κ2) is 9.75. The predicted octanol–water partition coefficient (Wildman–Crippen LogP) is 4.85. The molecular formula is C23H21ClN2O3. The van der Waals surface area contributed by atoms with Gasteiger partial charge in [0.2, 0.25) is 0 Å². The van der Waals surface area contributed by atoms with Crippen molar-refractivity contribution in [3.05, 3.63) is 95.0 Å². The Morgan fingerprint density at radius 1 is 0.931 bits per heavy atom. The summed E-state index contributed by atoms with van der Waals surface area (Å²) in [7, 11) is 0. The fraction of sp³-hybridized carbons (Fsp3) is 0.130. The number of nitrogens with one attached hydrogen (secondary N) is 2. The molecule has 0 radical (unpaired) electrons. The van der Waals surface area contributed by atoms with E-state index in [0.717, 1.165) is 5.56 Å². The molecule has 1 atom stereocenters. The van der Waals surface area contributed by atoms with Crippen molar-refractivity contribution in [2.45, 2.75) is 13.0 Å². The smallest absolute Gasteiger partial charge is 0.262 e. The molecule has 0 aliphatic rings. The van der Waals surface area contributed by atoms with Gasteiger partial charge in [0.1, 0.15) is 5.75 Å². The third kappa shape index (κ3) is 5.83. The fourth-order valence-corrected chi connectivity index (χ4v) is 2.90. The maximum atomic E-state index is 12.4. The number of ether oxygens (including phenoxy) is 1. The summed E-state index contributed by atoms with van der Waals surface area (Å²) in [5.74, 6) is -0.0509. The second-order valence-electron chi connectivity index (χ2n) is 6.45. The molecule has 0 saturated carbocycles. The van der Waals surface area contributed by atoms with Gasteiger partial charge in [0.05, 0.1) is 11.1 Å². The van der Waals surface area contributed by atoms with Crippen LogP contribution in [-0.4, -0.2) is 18.4 Å². The van der Waals surface area contributed by atoms with Gasteiger partial charge in [-0.05, 0) is 48.9 Å². The number of anilines is 1. The van der Waals surface area contributed by atoms with Crippen LogP contribution in [0, 0.1) is 0 Å². The Morgan fingerprint density at radius 2 is 1.59 bits per heavy atom. The number of carbonyl (C=O) groups excluding carboxylic acids is 2. The Labute approximate surface area is 174 Å². The van der Waals surface area contributed by atoms with Crippen LogP contribution < -0.4 is 15.4 Å².